The minimum Gasteiger partial charge on any atom is -0.497 e. The number of amides is 2. The van der Waals surface area contributed by atoms with Crippen LogP contribution in [-0.4, -0.2) is 43.0 Å². The Kier molecular flexibility index (Phi) is 4.84. The second-order valence-electron chi connectivity index (χ2n) is 6.48. The van der Waals surface area contributed by atoms with Gasteiger partial charge in [-0.05, 0) is 37.0 Å². The van der Waals surface area contributed by atoms with Crippen LogP contribution in [0.1, 0.15) is 31.2 Å². The van der Waals surface area contributed by atoms with Crippen LogP contribution in [0.3, 0.4) is 0 Å². The summed E-state index contributed by atoms with van der Waals surface area (Å²) in [6.07, 6.45) is 4.11. The van der Waals surface area contributed by atoms with Gasteiger partial charge in [0, 0.05) is 25.6 Å². The predicted molar refractivity (Wildman–Crippen MR) is 87.2 cm³/mol. The van der Waals surface area contributed by atoms with Crippen molar-refractivity contribution in [3.63, 3.8) is 0 Å². The molecule has 1 aromatic carbocycles. The Morgan fingerprint density at radius 3 is 3.04 bits per heavy atom. The van der Waals surface area contributed by atoms with Crippen molar-refractivity contribution in [1.29, 1.82) is 0 Å². The average molecular weight is 316 g/mol. The predicted octanol–water partition coefficient (Wildman–Crippen LogP) is 1.75. The van der Waals surface area contributed by atoms with Crippen LogP contribution in [0.5, 0.6) is 5.75 Å². The number of methoxy groups -OCH3 is 1. The van der Waals surface area contributed by atoms with E-state index in [0.717, 1.165) is 30.6 Å². The van der Waals surface area contributed by atoms with Crippen molar-refractivity contribution in [2.75, 3.05) is 20.2 Å². The van der Waals surface area contributed by atoms with Crippen molar-refractivity contribution < 1.29 is 14.3 Å². The van der Waals surface area contributed by atoms with Gasteiger partial charge in [-0.2, -0.15) is 0 Å². The number of rotatable bonds is 4. The second kappa shape index (κ2) is 7.02. The van der Waals surface area contributed by atoms with Crippen molar-refractivity contribution in [1.82, 2.24) is 10.2 Å². The van der Waals surface area contributed by atoms with Gasteiger partial charge in [-0.15, -0.1) is 0 Å². The SMILES string of the molecule is COc1cccc(CCC(=O)N2C[C@@H]3CCC[C@H](C2)C(=O)N3)c1. The molecule has 0 saturated carbocycles. The van der Waals surface area contributed by atoms with Crippen LogP contribution in [0.15, 0.2) is 24.3 Å². The van der Waals surface area contributed by atoms with Crippen molar-refractivity contribution >= 4 is 11.8 Å². The third-order valence-electron chi connectivity index (χ3n) is 4.82. The molecule has 2 aliphatic rings. The van der Waals surface area contributed by atoms with E-state index >= 15 is 0 Å². The van der Waals surface area contributed by atoms with Crippen molar-refractivity contribution in [3.8, 4) is 5.75 Å². The van der Waals surface area contributed by atoms with Gasteiger partial charge in [0.1, 0.15) is 5.75 Å². The first kappa shape index (κ1) is 15.8. The maximum absolute atomic E-state index is 12.6. The molecule has 2 saturated heterocycles. The van der Waals surface area contributed by atoms with Gasteiger partial charge in [-0.25, -0.2) is 0 Å². The third kappa shape index (κ3) is 3.84. The first-order valence-corrected chi connectivity index (χ1v) is 8.37. The lowest BCUT2D eigenvalue weighted by Gasteiger charge is -2.27. The molecule has 2 aliphatic heterocycles. The van der Waals surface area contributed by atoms with Gasteiger partial charge >= 0.3 is 0 Å². The van der Waals surface area contributed by atoms with Crippen LogP contribution in [0, 0.1) is 5.92 Å². The van der Waals surface area contributed by atoms with Crippen LogP contribution in [0.4, 0.5) is 0 Å². The number of hydrogen-bond donors (Lipinski definition) is 1. The first-order valence-electron chi connectivity index (χ1n) is 8.37. The molecule has 0 unspecified atom stereocenters. The molecule has 0 aliphatic carbocycles. The van der Waals surface area contributed by atoms with Crippen LogP contribution in [-0.2, 0) is 16.0 Å². The zero-order valence-corrected chi connectivity index (χ0v) is 13.6. The number of carbonyl (C=O) groups excluding carboxylic acids is 2. The van der Waals surface area contributed by atoms with E-state index in [1.54, 1.807) is 7.11 Å². The number of benzene rings is 1. The summed E-state index contributed by atoms with van der Waals surface area (Å²) in [7, 11) is 1.64. The maximum Gasteiger partial charge on any atom is 0.225 e. The minimum atomic E-state index is -0.0386. The molecule has 0 spiro atoms. The molecule has 1 N–H and O–H groups in total. The standard InChI is InChI=1S/C18H24N2O3/c1-23-16-7-2-4-13(10-16)8-9-17(21)20-11-14-5-3-6-15(12-20)19-18(14)22/h2,4,7,10,14-15H,3,5-6,8-9,11-12H2,1H3,(H,19,22)/t14-,15+/m1/s1. The molecule has 0 aromatic heterocycles. The summed E-state index contributed by atoms with van der Waals surface area (Å²) in [5.41, 5.74) is 1.10. The van der Waals surface area contributed by atoms with E-state index in [9.17, 15) is 9.59 Å². The first-order chi connectivity index (χ1) is 11.2. The van der Waals surface area contributed by atoms with Gasteiger partial charge < -0.3 is 15.0 Å². The molecule has 2 fully saturated rings. The Hall–Kier alpha value is -2.04. The summed E-state index contributed by atoms with van der Waals surface area (Å²) < 4.78 is 5.22. The highest BCUT2D eigenvalue weighted by atomic mass is 16.5. The Morgan fingerprint density at radius 1 is 1.35 bits per heavy atom. The van der Waals surface area contributed by atoms with Crippen LogP contribution in [0.2, 0.25) is 0 Å². The summed E-state index contributed by atoms with van der Waals surface area (Å²) >= 11 is 0. The molecule has 23 heavy (non-hydrogen) atoms. The van der Waals surface area contributed by atoms with Crippen LogP contribution >= 0.6 is 0 Å². The third-order valence-corrected chi connectivity index (χ3v) is 4.82. The van der Waals surface area contributed by atoms with E-state index in [4.69, 9.17) is 4.74 Å². The largest absolute Gasteiger partial charge is 0.497 e. The Labute approximate surface area is 137 Å². The molecule has 124 valence electrons. The van der Waals surface area contributed by atoms with Gasteiger partial charge in [-0.1, -0.05) is 18.6 Å². The molecular formula is C18H24N2O3. The van der Waals surface area contributed by atoms with Gasteiger partial charge in [0.25, 0.3) is 0 Å². The van der Waals surface area contributed by atoms with Gasteiger partial charge in [0.05, 0.1) is 13.0 Å². The number of fused-ring (bicyclic) bond motifs is 3. The summed E-state index contributed by atoms with van der Waals surface area (Å²) in [4.78, 5) is 26.5. The Morgan fingerprint density at radius 2 is 2.22 bits per heavy atom. The Bertz CT molecular complexity index is 587. The van der Waals surface area contributed by atoms with Gasteiger partial charge in [0.15, 0.2) is 0 Å². The van der Waals surface area contributed by atoms with Crippen molar-refractivity contribution in [3.05, 3.63) is 29.8 Å². The van der Waals surface area contributed by atoms with E-state index in [1.807, 2.05) is 29.2 Å². The van der Waals surface area contributed by atoms with Crippen LogP contribution in [0.25, 0.3) is 0 Å². The molecule has 3 rings (SSSR count). The normalized spacial score (nSPS) is 23.9. The average Bonchev–Trinajstić information content (AvgIpc) is 2.81. The highest BCUT2D eigenvalue weighted by Gasteiger charge is 2.34. The van der Waals surface area contributed by atoms with E-state index in [0.29, 0.717) is 25.9 Å². The minimum absolute atomic E-state index is 0.0386. The van der Waals surface area contributed by atoms with Crippen molar-refractivity contribution in [2.24, 2.45) is 5.92 Å². The number of likely N-dealkylation sites (tertiary alicyclic amines) is 1. The lowest BCUT2D eigenvalue weighted by molar-refractivity contribution is -0.132. The molecule has 2 amide bonds. The van der Waals surface area contributed by atoms with E-state index in [-0.39, 0.29) is 23.8 Å². The van der Waals surface area contributed by atoms with Crippen LogP contribution < -0.4 is 10.1 Å². The van der Waals surface area contributed by atoms with E-state index < -0.39 is 0 Å². The summed E-state index contributed by atoms with van der Waals surface area (Å²) in [5.74, 6) is 1.04. The summed E-state index contributed by atoms with van der Waals surface area (Å²) in [6, 6.07) is 7.94. The fourth-order valence-electron chi connectivity index (χ4n) is 3.49. The fourth-order valence-corrected chi connectivity index (χ4v) is 3.49. The molecule has 2 heterocycles. The topological polar surface area (TPSA) is 58.6 Å². The molecular weight excluding hydrogens is 292 g/mol. The molecule has 2 atom stereocenters. The van der Waals surface area contributed by atoms with E-state index in [1.165, 1.54) is 0 Å². The number of nitrogens with one attached hydrogen (secondary N) is 1. The molecule has 5 heteroatoms. The number of ether oxygens (including phenoxy) is 1. The molecule has 5 nitrogen and oxygen atoms in total. The fraction of sp³-hybridized carbons (Fsp3) is 0.556. The van der Waals surface area contributed by atoms with Gasteiger partial charge in [0.2, 0.25) is 11.8 Å². The van der Waals surface area contributed by atoms with Crippen molar-refractivity contribution in [2.45, 2.75) is 38.1 Å². The monoisotopic (exact) mass is 316 g/mol. The quantitative estimate of drug-likeness (QED) is 0.921. The zero-order valence-electron chi connectivity index (χ0n) is 13.6. The number of aryl methyl sites for hydroxylation is 1. The highest BCUT2D eigenvalue weighted by Crippen LogP contribution is 2.22. The summed E-state index contributed by atoms with van der Waals surface area (Å²) in [6.45, 7) is 1.22. The highest BCUT2D eigenvalue weighted by molar-refractivity contribution is 5.82. The van der Waals surface area contributed by atoms with Gasteiger partial charge in [-0.3, -0.25) is 9.59 Å². The maximum atomic E-state index is 12.6. The summed E-state index contributed by atoms with van der Waals surface area (Å²) in [5, 5.41) is 3.07. The second-order valence-corrected chi connectivity index (χ2v) is 6.48. The number of hydrogen-bond acceptors (Lipinski definition) is 3. The smallest absolute Gasteiger partial charge is 0.225 e. The molecule has 1 aromatic rings. The zero-order chi connectivity index (χ0) is 16.2. The Balaban J connectivity index is 1.60. The number of carbonyl (C=O) groups is 2. The lowest BCUT2D eigenvalue weighted by atomic mass is 9.99. The lowest BCUT2D eigenvalue weighted by Crippen LogP contribution is -2.41. The number of nitrogens with zero attached hydrogens (tertiary/aromatic N) is 1. The molecule has 0 radical (unpaired) electrons. The van der Waals surface area contributed by atoms with E-state index in [2.05, 4.69) is 5.32 Å². The molecule has 2 bridgehead atoms.